The Labute approximate surface area is 103 Å². The average molecular weight is 234 g/mol. The van der Waals surface area contributed by atoms with E-state index < -0.39 is 0 Å². The number of nitrogens with zero attached hydrogens (tertiary/aromatic N) is 2. The van der Waals surface area contributed by atoms with Crippen LogP contribution >= 0.6 is 0 Å². The minimum absolute atomic E-state index is 0.189. The molecular formula is C14H22N2O. The Morgan fingerprint density at radius 2 is 2.12 bits per heavy atom. The van der Waals surface area contributed by atoms with E-state index in [2.05, 4.69) is 24.6 Å². The monoisotopic (exact) mass is 234 g/mol. The fraction of sp³-hybridized carbons (Fsp3) is 0.786. The summed E-state index contributed by atoms with van der Waals surface area (Å²) in [4.78, 5) is 0. The van der Waals surface area contributed by atoms with Crippen LogP contribution in [0.2, 0.25) is 0 Å². The number of hydrogen-bond donors (Lipinski definition) is 0. The van der Waals surface area contributed by atoms with Crippen molar-refractivity contribution in [3.63, 3.8) is 0 Å². The van der Waals surface area contributed by atoms with E-state index in [4.69, 9.17) is 9.84 Å². The van der Waals surface area contributed by atoms with Crippen molar-refractivity contribution in [3.8, 4) is 0 Å². The highest BCUT2D eigenvalue weighted by molar-refractivity contribution is 5.21. The Bertz CT molecular complexity index is 387. The van der Waals surface area contributed by atoms with Crippen molar-refractivity contribution < 1.29 is 4.74 Å². The highest BCUT2D eigenvalue weighted by atomic mass is 16.5. The van der Waals surface area contributed by atoms with Gasteiger partial charge in [0.15, 0.2) is 0 Å². The standard InChI is InChI=1S/C14H22N2O/c1-10(2)13-9-12(11-6-7-11)15-16(13)14-5-3-4-8-17-14/h9-11,14H,3-8H2,1-2H3. The summed E-state index contributed by atoms with van der Waals surface area (Å²) >= 11 is 0. The van der Waals surface area contributed by atoms with E-state index in [0.717, 1.165) is 18.9 Å². The SMILES string of the molecule is CC(C)c1cc(C2CC2)nn1C1CCCCO1. The number of aromatic nitrogens is 2. The lowest BCUT2D eigenvalue weighted by atomic mass is 10.1. The molecule has 1 atom stereocenters. The minimum atomic E-state index is 0.189. The van der Waals surface area contributed by atoms with Crippen LogP contribution in [-0.4, -0.2) is 16.4 Å². The summed E-state index contributed by atoms with van der Waals surface area (Å²) in [7, 11) is 0. The second-order valence-electron chi connectivity index (χ2n) is 5.69. The van der Waals surface area contributed by atoms with Gasteiger partial charge in [-0.15, -0.1) is 0 Å². The molecule has 0 N–H and O–H groups in total. The van der Waals surface area contributed by atoms with Gasteiger partial charge in [-0.2, -0.15) is 5.10 Å². The Morgan fingerprint density at radius 3 is 2.71 bits per heavy atom. The first kappa shape index (κ1) is 11.3. The van der Waals surface area contributed by atoms with Gasteiger partial charge in [-0.1, -0.05) is 13.8 Å². The van der Waals surface area contributed by atoms with Gasteiger partial charge < -0.3 is 4.74 Å². The summed E-state index contributed by atoms with van der Waals surface area (Å²) in [5.74, 6) is 1.26. The predicted octanol–water partition coefficient (Wildman–Crippen LogP) is 3.58. The maximum Gasteiger partial charge on any atom is 0.150 e. The van der Waals surface area contributed by atoms with Crippen molar-refractivity contribution in [1.29, 1.82) is 0 Å². The topological polar surface area (TPSA) is 27.1 Å². The fourth-order valence-corrected chi connectivity index (χ4v) is 2.59. The quantitative estimate of drug-likeness (QED) is 0.799. The van der Waals surface area contributed by atoms with Crippen LogP contribution in [0.25, 0.3) is 0 Å². The Hall–Kier alpha value is -0.830. The molecule has 94 valence electrons. The summed E-state index contributed by atoms with van der Waals surface area (Å²) in [6, 6.07) is 2.31. The molecule has 0 amide bonds. The molecule has 3 rings (SSSR count). The zero-order valence-corrected chi connectivity index (χ0v) is 10.9. The summed E-state index contributed by atoms with van der Waals surface area (Å²) in [6.07, 6.45) is 6.41. The Morgan fingerprint density at radius 1 is 1.29 bits per heavy atom. The van der Waals surface area contributed by atoms with Gasteiger partial charge in [0.1, 0.15) is 6.23 Å². The van der Waals surface area contributed by atoms with Crippen LogP contribution in [-0.2, 0) is 4.74 Å². The first-order valence-corrected chi connectivity index (χ1v) is 6.96. The van der Waals surface area contributed by atoms with Crippen molar-refractivity contribution in [2.24, 2.45) is 0 Å². The van der Waals surface area contributed by atoms with Gasteiger partial charge in [0.05, 0.1) is 5.69 Å². The molecule has 1 aromatic heterocycles. The summed E-state index contributed by atoms with van der Waals surface area (Å²) < 4.78 is 8.03. The number of rotatable bonds is 3. The van der Waals surface area contributed by atoms with Crippen molar-refractivity contribution in [3.05, 3.63) is 17.5 Å². The smallest absolute Gasteiger partial charge is 0.150 e. The Kier molecular flexibility index (Phi) is 2.95. The van der Waals surface area contributed by atoms with E-state index in [1.807, 2.05) is 0 Å². The normalized spacial score (nSPS) is 25.5. The zero-order chi connectivity index (χ0) is 11.8. The van der Waals surface area contributed by atoms with Crippen molar-refractivity contribution in [1.82, 2.24) is 9.78 Å². The van der Waals surface area contributed by atoms with Crippen molar-refractivity contribution in [2.75, 3.05) is 6.61 Å². The first-order valence-electron chi connectivity index (χ1n) is 6.96. The van der Waals surface area contributed by atoms with E-state index in [1.54, 1.807) is 0 Å². The molecule has 1 aliphatic heterocycles. The molecule has 0 radical (unpaired) electrons. The van der Waals surface area contributed by atoms with Crippen LogP contribution in [0.4, 0.5) is 0 Å². The van der Waals surface area contributed by atoms with Crippen LogP contribution in [0.5, 0.6) is 0 Å². The molecule has 2 aliphatic rings. The van der Waals surface area contributed by atoms with Crippen LogP contribution < -0.4 is 0 Å². The van der Waals surface area contributed by atoms with Crippen LogP contribution in [0.1, 0.15) is 75.4 Å². The highest BCUT2D eigenvalue weighted by Gasteiger charge is 2.29. The Balaban J connectivity index is 1.89. The van der Waals surface area contributed by atoms with Gasteiger partial charge in [0.25, 0.3) is 0 Å². The van der Waals surface area contributed by atoms with Crippen LogP contribution in [0.3, 0.4) is 0 Å². The molecule has 1 unspecified atom stereocenters. The molecule has 1 aromatic rings. The van der Waals surface area contributed by atoms with Gasteiger partial charge in [-0.3, -0.25) is 0 Å². The lowest BCUT2D eigenvalue weighted by molar-refractivity contribution is -0.0416. The molecule has 0 spiro atoms. The fourth-order valence-electron chi connectivity index (χ4n) is 2.59. The molecule has 17 heavy (non-hydrogen) atoms. The van der Waals surface area contributed by atoms with Gasteiger partial charge >= 0.3 is 0 Å². The lowest BCUT2D eigenvalue weighted by Crippen LogP contribution is -2.21. The molecule has 3 heteroatoms. The summed E-state index contributed by atoms with van der Waals surface area (Å²) in [5.41, 5.74) is 2.64. The van der Waals surface area contributed by atoms with E-state index in [9.17, 15) is 0 Å². The van der Waals surface area contributed by atoms with E-state index in [-0.39, 0.29) is 6.23 Å². The number of hydrogen-bond acceptors (Lipinski definition) is 2. The van der Waals surface area contributed by atoms with E-state index in [1.165, 1.54) is 37.1 Å². The molecule has 0 bridgehead atoms. The second kappa shape index (κ2) is 4.45. The largest absolute Gasteiger partial charge is 0.357 e. The molecule has 1 saturated heterocycles. The van der Waals surface area contributed by atoms with Gasteiger partial charge in [0.2, 0.25) is 0 Å². The summed E-state index contributed by atoms with van der Waals surface area (Å²) in [6.45, 7) is 5.38. The second-order valence-corrected chi connectivity index (χ2v) is 5.69. The van der Waals surface area contributed by atoms with Crippen LogP contribution in [0, 0.1) is 0 Å². The van der Waals surface area contributed by atoms with Gasteiger partial charge in [0, 0.05) is 18.2 Å². The zero-order valence-electron chi connectivity index (χ0n) is 10.9. The van der Waals surface area contributed by atoms with Gasteiger partial charge in [-0.25, -0.2) is 4.68 Å². The summed E-state index contributed by atoms with van der Waals surface area (Å²) in [5, 5.41) is 4.81. The van der Waals surface area contributed by atoms with Crippen molar-refractivity contribution >= 4 is 0 Å². The van der Waals surface area contributed by atoms with E-state index >= 15 is 0 Å². The predicted molar refractivity (Wildman–Crippen MR) is 67.1 cm³/mol. The highest BCUT2D eigenvalue weighted by Crippen LogP contribution is 2.41. The van der Waals surface area contributed by atoms with Crippen LogP contribution in [0.15, 0.2) is 6.07 Å². The third kappa shape index (κ3) is 2.25. The molecule has 1 aliphatic carbocycles. The minimum Gasteiger partial charge on any atom is -0.357 e. The number of ether oxygens (including phenoxy) is 1. The molecule has 0 aromatic carbocycles. The van der Waals surface area contributed by atoms with Crippen molar-refractivity contribution in [2.45, 2.75) is 64.0 Å². The molecular weight excluding hydrogens is 212 g/mol. The average Bonchev–Trinajstić information content (AvgIpc) is 3.09. The molecule has 2 fully saturated rings. The maximum atomic E-state index is 5.87. The molecule has 1 saturated carbocycles. The molecule has 3 nitrogen and oxygen atoms in total. The lowest BCUT2D eigenvalue weighted by Gasteiger charge is -2.25. The van der Waals surface area contributed by atoms with E-state index in [0.29, 0.717) is 5.92 Å². The maximum absolute atomic E-state index is 5.87. The third-order valence-corrected chi connectivity index (χ3v) is 3.80. The molecule has 2 heterocycles. The third-order valence-electron chi connectivity index (χ3n) is 3.80. The van der Waals surface area contributed by atoms with Gasteiger partial charge in [-0.05, 0) is 44.1 Å². The first-order chi connectivity index (χ1) is 8.25.